The molecule has 1 aliphatic heterocycles. The molecular weight excluding hydrogens is 546 g/mol. The molecule has 3 amide bonds. The molecule has 7 heteroatoms. The summed E-state index contributed by atoms with van der Waals surface area (Å²) >= 11 is 6.13. The average molecular weight is 582 g/mol. The van der Waals surface area contributed by atoms with Crippen molar-refractivity contribution in [1.82, 2.24) is 10.2 Å². The van der Waals surface area contributed by atoms with Crippen LogP contribution >= 0.6 is 11.6 Å². The molecule has 4 aromatic rings. The number of amides is 3. The first-order valence-corrected chi connectivity index (χ1v) is 14.9. The highest BCUT2D eigenvalue weighted by molar-refractivity contribution is 6.30. The van der Waals surface area contributed by atoms with Crippen LogP contribution < -0.4 is 10.2 Å². The van der Waals surface area contributed by atoms with Crippen molar-refractivity contribution in [3.8, 4) is 0 Å². The monoisotopic (exact) mass is 581 g/mol. The Bertz CT molecular complexity index is 1560. The van der Waals surface area contributed by atoms with Gasteiger partial charge in [-0.25, -0.2) is 0 Å². The minimum Gasteiger partial charge on any atom is -0.354 e. The molecule has 5 rings (SSSR count). The normalized spacial score (nSPS) is 13.0. The standard InChI is InChI=1S/C35H36ClN3O3/c1-24(2)22-37-34(41)31(21-25-9-4-3-5-10-25)39(23-26-16-18-28(36)19-17-26)32(40)15-8-20-38-30-14-7-12-27-11-6-13-29(33(27)30)35(38)42/h3-7,9-14,16-19,24,31H,8,15,20-23H2,1-2H3,(H,37,41). The molecule has 1 heterocycles. The van der Waals surface area contributed by atoms with Gasteiger partial charge in [-0.15, -0.1) is 0 Å². The summed E-state index contributed by atoms with van der Waals surface area (Å²) in [6, 6.07) is 28.1. The largest absolute Gasteiger partial charge is 0.354 e. The van der Waals surface area contributed by atoms with Gasteiger partial charge >= 0.3 is 0 Å². The van der Waals surface area contributed by atoms with Crippen LogP contribution in [0.4, 0.5) is 5.69 Å². The predicted octanol–water partition coefficient (Wildman–Crippen LogP) is 6.65. The number of anilines is 1. The maximum Gasteiger partial charge on any atom is 0.258 e. The fraction of sp³-hybridized carbons (Fsp3) is 0.286. The van der Waals surface area contributed by atoms with Crippen molar-refractivity contribution in [2.75, 3.05) is 18.0 Å². The number of hydrogen-bond donors (Lipinski definition) is 1. The van der Waals surface area contributed by atoms with Crippen LogP contribution in [0, 0.1) is 5.92 Å². The van der Waals surface area contributed by atoms with E-state index < -0.39 is 6.04 Å². The fourth-order valence-electron chi connectivity index (χ4n) is 5.50. The van der Waals surface area contributed by atoms with Crippen LogP contribution in [-0.4, -0.2) is 41.8 Å². The van der Waals surface area contributed by atoms with Crippen LogP contribution in [0.5, 0.6) is 0 Å². The molecule has 0 saturated carbocycles. The molecule has 0 aliphatic carbocycles. The molecule has 42 heavy (non-hydrogen) atoms. The van der Waals surface area contributed by atoms with Crippen LogP contribution in [0.3, 0.4) is 0 Å². The van der Waals surface area contributed by atoms with Gasteiger partial charge in [-0.3, -0.25) is 14.4 Å². The van der Waals surface area contributed by atoms with E-state index in [1.165, 1.54) is 0 Å². The maximum atomic E-state index is 14.0. The fourth-order valence-corrected chi connectivity index (χ4v) is 5.62. The zero-order chi connectivity index (χ0) is 29.6. The van der Waals surface area contributed by atoms with Gasteiger partial charge in [-0.05, 0) is 53.1 Å². The van der Waals surface area contributed by atoms with Crippen LogP contribution in [0.25, 0.3) is 10.8 Å². The van der Waals surface area contributed by atoms with E-state index in [0.717, 1.165) is 27.6 Å². The Morgan fingerprint density at radius 1 is 0.881 bits per heavy atom. The topological polar surface area (TPSA) is 69.7 Å². The third-order valence-electron chi connectivity index (χ3n) is 7.64. The van der Waals surface area contributed by atoms with Gasteiger partial charge in [0.05, 0.1) is 5.69 Å². The Hall–Kier alpha value is -4.16. The number of carbonyl (C=O) groups excluding carboxylic acids is 3. The summed E-state index contributed by atoms with van der Waals surface area (Å²) in [5.74, 6) is -0.0692. The predicted molar refractivity (Wildman–Crippen MR) is 169 cm³/mol. The van der Waals surface area contributed by atoms with E-state index in [-0.39, 0.29) is 36.6 Å². The summed E-state index contributed by atoms with van der Waals surface area (Å²) in [4.78, 5) is 44.3. The lowest BCUT2D eigenvalue weighted by Gasteiger charge is -2.32. The van der Waals surface area contributed by atoms with Crippen molar-refractivity contribution in [1.29, 1.82) is 0 Å². The van der Waals surface area contributed by atoms with Gasteiger partial charge in [0.2, 0.25) is 11.8 Å². The van der Waals surface area contributed by atoms with E-state index in [0.29, 0.717) is 36.5 Å². The van der Waals surface area contributed by atoms with Gasteiger partial charge in [0.25, 0.3) is 5.91 Å². The summed E-state index contributed by atoms with van der Waals surface area (Å²) in [6.07, 6.45) is 1.07. The highest BCUT2D eigenvalue weighted by Gasteiger charge is 2.32. The first kappa shape index (κ1) is 29.3. The quantitative estimate of drug-likeness (QED) is 0.204. The molecule has 0 radical (unpaired) electrons. The lowest BCUT2D eigenvalue weighted by atomic mass is 10.0. The van der Waals surface area contributed by atoms with E-state index in [9.17, 15) is 14.4 Å². The summed E-state index contributed by atoms with van der Waals surface area (Å²) in [5.41, 5.74) is 3.45. The Morgan fingerprint density at radius 3 is 2.31 bits per heavy atom. The minimum atomic E-state index is -0.694. The highest BCUT2D eigenvalue weighted by Crippen LogP contribution is 2.37. The zero-order valence-corrected chi connectivity index (χ0v) is 24.8. The van der Waals surface area contributed by atoms with Crippen molar-refractivity contribution in [3.05, 3.63) is 113 Å². The number of halogens is 1. The van der Waals surface area contributed by atoms with E-state index in [1.54, 1.807) is 21.9 Å². The van der Waals surface area contributed by atoms with E-state index in [2.05, 4.69) is 5.32 Å². The summed E-state index contributed by atoms with van der Waals surface area (Å²) in [7, 11) is 0. The molecule has 0 aromatic heterocycles. The number of hydrogen-bond acceptors (Lipinski definition) is 3. The molecule has 216 valence electrons. The molecule has 1 unspecified atom stereocenters. The van der Waals surface area contributed by atoms with E-state index in [4.69, 9.17) is 11.6 Å². The lowest BCUT2D eigenvalue weighted by Crippen LogP contribution is -2.51. The second kappa shape index (κ2) is 13.2. The minimum absolute atomic E-state index is 0.0395. The zero-order valence-electron chi connectivity index (χ0n) is 24.1. The van der Waals surface area contributed by atoms with E-state index in [1.807, 2.05) is 92.7 Å². The van der Waals surface area contributed by atoms with Gasteiger partial charge in [0.15, 0.2) is 0 Å². The number of benzene rings is 4. The second-order valence-corrected chi connectivity index (χ2v) is 11.7. The smallest absolute Gasteiger partial charge is 0.258 e. The van der Waals surface area contributed by atoms with Crippen molar-refractivity contribution < 1.29 is 14.4 Å². The summed E-state index contributed by atoms with van der Waals surface area (Å²) < 4.78 is 0. The molecule has 1 N–H and O–H groups in total. The Labute approximate surface area is 252 Å². The van der Waals surface area contributed by atoms with Crippen LogP contribution in [-0.2, 0) is 22.6 Å². The number of nitrogens with one attached hydrogen (secondary N) is 1. The summed E-state index contributed by atoms with van der Waals surface area (Å²) in [5, 5.41) is 5.66. The molecule has 0 spiro atoms. The van der Waals surface area contributed by atoms with Gasteiger partial charge < -0.3 is 15.1 Å². The molecular formula is C35H36ClN3O3. The Morgan fingerprint density at radius 2 is 1.60 bits per heavy atom. The number of nitrogens with zero attached hydrogens (tertiary/aromatic N) is 2. The summed E-state index contributed by atoms with van der Waals surface area (Å²) in [6.45, 7) is 5.30. The average Bonchev–Trinajstić information content (AvgIpc) is 3.27. The third-order valence-corrected chi connectivity index (χ3v) is 7.90. The van der Waals surface area contributed by atoms with Gasteiger partial charge in [0, 0.05) is 48.4 Å². The molecule has 0 saturated heterocycles. The molecule has 1 aliphatic rings. The number of rotatable bonds is 12. The van der Waals surface area contributed by atoms with Gasteiger partial charge in [0.1, 0.15) is 6.04 Å². The molecule has 0 fully saturated rings. The first-order valence-electron chi connectivity index (χ1n) is 14.5. The first-order chi connectivity index (χ1) is 20.3. The van der Waals surface area contributed by atoms with Gasteiger partial charge in [-0.1, -0.05) is 92.2 Å². The van der Waals surface area contributed by atoms with Crippen LogP contribution in [0.2, 0.25) is 5.02 Å². The van der Waals surface area contributed by atoms with Crippen molar-refractivity contribution >= 4 is 45.8 Å². The lowest BCUT2D eigenvalue weighted by molar-refractivity contribution is -0.141. The Balaban J connectivity index is 1.37. The molecule has 4 aromatic carbocycles. The number of carbonyl (C=O) groups is 3. The van der Waals surface area contributed by atoms with Gasteiger partial charge in [-0.2, -0.15) is 0 Å². The van der Waals surface area contributed by atoms with Crippen molar-refractivity contribution in [3.63, 3.8) is 0 Å². The molecule has 0 bridgehead atoms. The highest BCUT2D eigenvalue weighted by atomic mass is 35.5. The third kappa shape index (κ3) is 6.66. The van der Waals surface area contributed by atoms with E-state index >= 15 is 0 Å². The van der Waals surface area contributed by atoms with Crippen molar-refractivity contribution in [2.45, 2.75) is 45.7 Å². The second-order valence-electron chi connectivity index (χ2n) is 11.2. The van der Waals surface area contributed by atoms with Crippen LogP contribution in [0.1, 0.15) is 48.2 Å². The maximum absolute atomic E-state index is 14.0. The molecule has 6 nitrogen and oxygen atoms in total. The molecule has 1 atom stereocenters. The van der Waals surface area contributed by atoms with Crippen LogP contribution in [0.15, 0.2) is 91.0 Å². The SMILES string of the molecule is CC(C)CNC(=O)C(Cc1ccccc1)N(Cc1ccc(Cl)cc1)C(=O)CCCN1C(=O)c2cccc3cccc1c23. The Kier molecular flexibility index (Phi) is 9.23. The van der Waals surface area contributed by atoms with Crippen molar-refractivity contribution in [2.24, 2.45) is 5.92 Å².